The monoisotopic (exact) mass is 352 g/mol. The number of nitrogens with one attached hydrogen (secondary N) is 2. The Morgan fingerprint density at radius 2 is 1.92 bits per heavy atom. The summed E-state index contributed by atoms with van der Waals surface area (Å²) in [5, 5.41) is 14.7. The van der Waals surface area contributed by atoms with E-state index in [1.54, 1.807) is 12.3 Å². The van der Waals surface area contributed by atoms with Crippen molar-refractivity contribution < 1.29 is 23.1 Å². The number of hydrogen-bond donors (Lipinski definition) is 3. The number of amides is 1. The molecule has 1 amide bonds. The maximum atomic E-state index is 13.8. The molecule has 1 aliphatic heterocycles. The molecular weight excluding hydrogens is 337 g/mol. The first-order valence-corrected chi connectivity index (χ1v) is 7.57. The van der Waals surface area contributed by atoms with Gasteiger partial charge in [0.25, 0.3) is 5.91 Å². The van der Waals surface area contributed by atoms with Crippen LogP contribution in [0.3, 0.4) is 0 Å². The second-order valence-electron chi connectivity index (χ2n) is 5.48. The maximum absolute atomic E-state index is 13.8. The Labute approximate surface area is 141 Å². The average molecular weight is 352 g/mol. The summed E-state index contributed by atoms with van der Waals surface area (Å²) in [6.45, 7) is 3.37. The Kier molecular flexibility index (Phi) is 4.75. The number of pyridine rings is 1. The lowest BCUT2D eigenvalue weighted by molar-refractivity contribution is 0.102. The van der Waals surface area contributed by atoms with Crippen LogP contribution in [-0.4, -0.2) is 42.2 Å². The number of phenols is 1. The number of phenolic OH excluding ortho intramolecular Hbond substituents is 1. The van der Waals surface area contributed by atoms with Crippen molar-refractivity contribution in [3.8, 4) is 5.75 Å². The number of carbonyl (C=O) groups is 1. The van der Waals surface area contributed by atoms with E-state index in [-0.39, 0.29) is 5.82 Å². The average Bonchev–Trinajstić information content (AvgIpc) is 2.64. The molecule has 0 spiro atoms. The molecule has 9 heteroatoms. The van der Waals surface area contributed by atoms with E-state index >= 15 is 0 Å². The highest BCUT2D eigenvalue weighted by atomic mass is 19.2. The third kappa shape index (κ3) is 3.50. The highest BCUT2D eigenvalue weighted by Crippen LogP contribution is 2.26. The van der Waals surface area contributed by atoms with Gasteiger partial charge in [-0.2, -0.15) is 4.39 Å². The predicted octanol–water partition coefficient (Wildman–Crippen LogP) is 1.87. The van der Waals surface area contributed by atoms with Crippen LogP contribution in [0.25, 0.3) is 0 Å². The van der Waals surface area contributed by atoms with Gasteiger partial charge in [0.1, 0.15) is 5.82 Å². The molecule has 1 aromatic heterocycles. The highest BCUT2D eigenvalue weighted by molar-refractivity contribution is 6.04. The highest BCUT2D eigenvalue weighted by Gasteiger charge is 2.22. The molecule has 0 atom stereocenters. The number of aromatic nitrogens is 1. The number of carbonyl (C=O) groups excluding carboxylic acids is 1. The second-order valence-corrected chi connectivity index (χ2v) is 5.48. The second kappa shape index (κ2) is 6.98. The Balaban J connectivity index is 1.75. The van der Waals surface area contributed by atoms with Gasteiger partial charge in [0.2, 0.25) is 5.82 Å². The van der Waals surface area contributed by atoms with E-state index in [9.17, 15) is 18.0 Å². The summed E-state index contributed by atoms with van der Waals surface area (Å²) in [6, 6.07) is 3.65. The van der Waals surface area contributed by atoms with Crippen LogP contribution in [0.4, 0.5) is 24.7 Å². The van der Waals surface area contributed by atoms with Crippen LogP contribution in [-0.2, 0) is 0 Å². The number of nitrogens with zero attached hydrogens (tertiary/aromatic N) is 2. The summed E-state index contributed by atoms with van der Waals surface area (Å²) in [7, 11) is 0. The summed E-state index contributed by atoms with van der Waals surface area (Å²) in [6.07, 6.45) is 1.56. The Morgan fingerprint density at radius 1 is 1.20 bits per heavy atom. The molecule has 1 aromatic carbocycles. The van der Waals surface area contributed by atoms with E-state index in [0.717, 1.165) is 31.9 Å². The zero-order chi connectivity index (χ0) is 18.0. The topological polar surface area (TPSA) is 77.5 Å². The van der Waals surface area contributed by atoms with Gasteiger partial charge in [0.05, 0.1) is 17.4 Å². The van der Waals surface area contributed by atoms with Gasteiger partial charge in [-0.15, -0.1) is 0 Å². The van der Waals surface area contributed by atoms with Crippen LogP contribution in [0.5, 0.6) is 5.75 Å². The molecule has 132 valence electrons. The molecule has 1 aliphatic rings. The lowest BCUT2D eigenvalue weighted by Gasteiger charge is -2.29. The molecular formula is C16H15F3N4O2. The molecule has 1 saturated heterocycles. The van der Waals surface area contributed by atoms with E-state index < -0.39 is 34.7 Å². The fraction of sp³-hybridized carbons (Fsp3) is 0.250. The number of benzene rings is 1. The van der Waals surface area contributed by atoms with Gasteiger partial charge in [-0.1, -0.05) is 0 Å². The van der Waals surface area contributed by atoms with Crippen molar-refractivity contribution >= 4 is 17.4 Å². The number of aromatic hydroxyl groups is 1. The number of piperazine rings is 1. The lowest BCUT2D eigenvalue weighted by atomic mass is 10.1. The molecule has 6 nitrogen and oxygen atoms in total. The van der Waals surface area contributed by atoms with Gasteiger partial charge in [0, 0.05) is 26.2 Å². The van der Waals surface area contributed by atoms with E-state index in [1.807, 2.05) is 0 Å². The van der Waals surface area contributed by atoms with Crippen molar-refractivity contribution in [3.63, 3.8) is 0 Å². The standard InChI is InChI=1S/C16H15F3N4O2/c17-11-7-10(13(18)15(24)14(11)19)16(25)22-12-2-1-9(8-21-12)23-5-3-20-4-6-23/h1-2,7-8,20,24H,3-6H2,(H,21,22,25). The molecule has 1 fully saturated rings. The molecule has 0 aliphatic carbocycles. The van der Waals surface area contributed by atoms with Crippen molar-refractivity contribution in [2.24, 2.45) is 0 Å². The molecule has 3 rings (SSSR count). The van der Waals surface area contributed by atoms with Gasteiger partial charge in [-0.25, -0.2) is 13.8 Å². The molecule has 2 heterocycles. The minimum Gasteiger partial charge on any atom is -0.503 e. The Hall–Kier alpha value is -2.81. The van der Waals surface area contributed by atoms with Gasteiger partial charge in [0.15, 0.2) is 17.4 Å². The van der Waals surface area contributed by atoms with Gasteiger partial charge < -0.3 is 20.6 Å². The molecule has 0 saturated carbocycles. The molecule has 0 radical (unpaired) electrons. The first-order valence-electron chi connectivity index (χ1n) is 7.57. The summed E-state index contributed by atoms with van der Waals surface area (Å²) in [5.74, 6) is -7.26. The molecule has 0 unspecified atom stereocenters. The Bertz CT molecular complexity index is 793. The Morgan fingerprint density at radius 3 is 2.56 bits per heavy atom. The van der Waals surface area contributed by atoms with Crippen LogP contribution in [0.1, 0.15) is 10.4 Å². The van der Waals surface area contributed by atoms with Crippen LogP contribution < -0.4 is 15.5 Å². The summed E-state index contributed by atoms with van der Waals surface area (Å²) < 4.78 is 40.1. The minimum atomic E-state index is -1.74. The summed E-state index contributed by atoms with van der Waals surface area (Å²) >= 11 is 0. The third-order valence-electron chi connectivity index (χ3n) is 3.85. The molecule has 25 heavy (non-hydrogen) atoms. The largest absolute Gasteiger partial charge is 0.503 e. The van der Waals surface area contributed by atoms with Crippen molar-refractivity contribution in [3.05, 3.63) is 47.4 Å². The SMILES string of the molecule is O=C(Nc1ccc(N2CCNCC2)cn1)c1cc(F)c(F)c(O)c1F. The number of hydrogen-bond acceptors (Lipinski definition) is 5. The van der Waals surface area contributed by atoms with Crippen LogP contribution >= 0.6 is 0 Å². The number of rotatable bonds is 3. The fourth-order valence-electron chi connectivity index (χ4n) is 2.51. The van der Waals surface area contributed by atoms with E-state index in [0.29, 0.717) is 6.07 Å². The van der Waals surface area contributed by atoms with E-state index in [4.69, 9.17) is 5.11 Å². The van der Waals surface area contributed by atoms with Gasteiger partial charge in [-0.3, -0.25) is 4.79 Å². The van der Waals surface area contributed by atoms with Crippen molar-refractivity contribution in [1.29, 1.82) is 0 Å². The van der Waals surface area contributed by atoms with Crippen molar-refractivity contribution in [2.45, 2.75) is 0 Å². The lowest BCUT2D eigenvalue weighted by Crippen LogP contribution is -2.43. The predicted molar refractivity (Wildman–Crippen MR) is 85.3 cm³/mol. The zero-order valence-corrected chi connectivity index (χ0v) is 13.0. The number of halogens is 3. The van der Waals surface area contributed by atoms with Crippen molar-refractivity contribution in [1.82, 2.24) is 10.3 Å². The van der Waals surface area contributed by atoms with Gasteiger partial charge >= 0.3 is 0 Å². The van der Waals surface area contributed by atoms with Gasteiger partial charge in [-0.05, 0) is 18.2 Å². The first-order chi connectivity index (χ1) is 12.0. The zero-order valence-electron chi connectivity index (χ0n) is 13.0. The van der Waals surface area contributed by atoms with Crippen LogP contribution in [0, 0.1) is 17.5 Å². The maximum Gasteiger partial charge on any atom is 0.260 e. The molecule has 3 N–H and O–H groups in total. The first kappa shape index (κ1) is 17.0. The van der Waals surface area contributed by atoms with E-state index in [2.05, 4.69) is 20.5 Å². The summed E-state index contributed by atoms with van der Waals surface area (Å²) in [5.41, 5.74) is 0.0560. The molecule has 0 bridgehead atoms. The smallest absolute Gasteiger partial charge is 0.260 e. The minimum absolute atomic E-state index is 0.118. The third-order valence-corrected chi connectivity index (χ3v) is 3.85. The van der Waals surface area contributed by atoms with Crippen LogP contribution in [0.15, 0.2) is 24.4 Å². The van der Waals surface area contributed by atoms with Crippen molar-refractivity contribution in [2.75, 3.05) is 36.4 Å². The quantitative estimate of drug-likeness (QED) is 0.735. The number of anilines is 2. The normalized spacial score (nSPS) is 14.4. The fourth-order valence-corrected chi connectivity index (χ4v) is 2.51. The summed E-state index contributed by atoms with van der Waals surface area (Å²) in [4.78, 5) is 18.2. The molecule has 2 aromatic rings. The van der Waals surface area contributed by atoms with Crippen LogP contribution in [0.2, 0.25) is 0 Å². The van der Waals surface area contributed by atoms with E-state index in [1.165, 1.54) is 6.07 Å².